The number of hydrazine groups is 1. The Balaban J connectivity index is 2.05. The van der Waals surface area contributed by atoms with Crippen molar-refractivity contribution >= 4 is 29.2 Å². The van der Waals surface area contributed by atoms with E-state index >= 15 is 0 Å². The van der Waals surface area contributed by atoms with Gasteiger partial charge in [0.1, 0.15) is 4.99 Å². The van der Waals surface area contributed by atoms with Crippen LogP contribution in [0.2, 0.25) is 0 Å². The lowest BCUT2D eigenvalue weighted by Gasteiger charge is -2.23. The molecule has 2 rings (SSSR count). The number of nitrogens with zero attached hydrogens (tertiary/aromatic N) is 3. The van der Waals surface area contributed by atoms with Gasteiger partial charge in [0.25, 0.3) is 0 Å². The normalized spacial score (nSPS) is 14.8. The molecule has 1 fully saturated rings. The van der Waals surface area contributed by atoms with Crippen molar-refractivity contribution in [3.8, 4) is 5.75 Å². The Bertz CT molecular complexity index is 477. The number of pyridine rings is 1. The number of hydrogen-bond donors (Lipinski definition) is 1. The highest BCUT2D eigenvalue weighted by Crippen LogP contribution is 2.17. The second-order valence-corrected chi connectivity index (χ2v) is 3.92. The Labute approximate surface area is 108 Å². The van der Waals surface area contributed by atoms with Crippen molar-refractivity contribution in [3.05, 3.63) is 24.5 Å². The highest BCUT2D eigenvalue weighted by Gasteiger charge is 2.34. The van der Waals surface area contributed by atoms with Crippen LogP contribution >= 0.6 is 12.2 Å². The second kappa shape index (κ2) is 5.07. The first-order valence-electron chi connectivity index (χ1n) is 5.06. The van der Waals surface area contributed by atoms with Crippen LogP contribution in [-0.4, -0.2) is 37.4 Å². The van der Waals surface area contributed by atoms with E-state index < -0.39 is 12.0 Å². The number of amides is 2. The van der Waals surface area contributed by atoms with Gasteiger partial charge in [-0.05, 0) is 12.1 Å². The summed E-state index contributed by atoms with van der Waals surface area (Å²) in [5.41, 5.74) is 0. The Morgan fingerprint density at radius 1 is 1.56 bits per heavy atom. The van der Waals surface area contributed by atoms with Crippen LogP contribution in [0.4, 0.5) is 4.79 Å². The molecule has 0 aliphatic carbocycles. The fourth-order valence-electron chi connectivity index (χ4n) is 1.41. The molecule has 7 nitrogen and oxygen atoms in total. The maximum Gasteiger partial charge on any atom is 0.460 e. The van der Waals surface area contributed by atoms with Crippen molar-refractivity contribution in [3.63, 3.8) is 0 Å². The quantitative estimate of drug-likeness (QED) is 0.491. The Morgan fingerprint density at radius 3 is 2.89 bits per heavy atom. The number of carbonyl (C=O) groups is 2. The largest absolute Gasteiger partial charge is 0.460 e. The van der Waals surface area contributed by atoms with E-state index in [2.05, 4.69) is 4.98 Å². The highest BCUT2D eigenvalue weighted by atomic mass is 32.1. The molecule has 1 saturated heterocycles. The minimum Gasteiger partial charge on any atom is -0.406 e. The first kappa shape index (κ1) is 12.4. The minimum absolute atomic E-state index is 0.0741. The van der Waals surface area contributed by atoms with Crippen molar-refractivity contribution in [2.45, 2.75) is 12.8 Å². The summed E-state index contributed by atoms with van der Waals surface area (Å²) in [4.78, 5) is 26.9. The zero-order chi connectivity index (χ0) is 13.1. The molecule has 0 unspecified atom stereocenters. The van der Waals surface area contributed by atoms with E-state index in [0.29, 0.717) is 11.4 Å². The van der Waals surface area contributed by atoms with Gasteiger partial charge in [-0.3, -0.25) is 15.0 Å². The predicted octanol–water partition coefficient (Wildman–Crippen LogP) is 1.14. The number of hydrogen-bond acceptors (Lipinski definition) is 6. The standard InChI is InChI=1S/C10H9N3O4S/c14-8-3-4-9(18)12(8)13(16)10(15)17-7-2-1-5-11-6-7/h1-2,5-6,16H,3-4H2. The summed E-state index contributed by atoms with van der Waals surface area (Å²) in [6.07, 6.45) is 2.17. The summed E-state index contributed by atoms with van der Waals surface area (Å²) in [5, 5.41) is 10.4. The Hall–Kier alpha value is -2.06. The monoisotopic (exact) mass is 267 g/mol. The molecule has 8 heteroatoms. The molecular weight excluding hydrogens is 258 g/mol. The van der Waals surface area contributed by atoms with Crippen molar-refractivity contribution in [2.24, 2.45) is 0 Å². The van der Waals surface area contributed by atoms with Crippen LogP contribution < -0.4 is 4.74 Å². The average Bonchev–Trinajstić information content (AvgIpc) is 2.69. The first-order valence-corrected chi connectivity index (χ1v) is 5.47. The summed E-state index contributed by atoms with van der Waals surface area (Å²) in [7, 11) is 0. The average molecular weight is 267 g/mol. The smallest absolute Gasteiger partial charge is 0.406 e. The van der Waals surface area contributed by atoms with Crippen LogP contribution in [0.15, 0.2) is 24.5 Å². The van der Waals surface area contributed by atoms with Crippen molar-refractivity contribution in [1.29, 1.82) is 0 Å². The van der Waals surface area contributed by atoms with Gasteiger partial charge >= 0.3 is 6.09 Å². The molecule has 0 radical (unpaired) electrons. The SMILES string of the molecule is O=C(Oc1cccnc1)N(O)N1C(=O)CCC1=S. The van der Waals surface area contributed by atoms with E-state index in [0.717, 1.165) is 0 Å². The van der Waals surface area contributed by atoms with Crippen LogP contribution in [0, 0.1) is 0 Å². The zero-order valence-electron chi connectivity index (χ0n) is 9.15. The zero-order valence-corrected chi connectivity index (χ0v) is 9.96. The van der Waals surface area contributed by atoms with Crippen LogP contribution in [-0.2, 0) is 4.79 Å². The Morgan fingerprint density at radius 2 is 2.33 bits per heavy atom. The van der Waals surface area contributed by atoms with Gasteiger partial charge in [-0.15, -0.1) is 0 Å². The fraction of sp³-hybridized carbons (Fsp3) is 0.200. The van der Waals surface area contributed by atoms with Gasteiger partial charge in [-0.2, -0.15) is 5.01 Å². The summed E-state index contributed by atoms with van der Waals surface area (Å²) < 4.78 is 4.81. The third-order valence-corrected chi connectivity index (χ3v) is 2.59. The molecule has 0 spiro atoms. The van der Waals surface area contributed by atoms with Crippen molar-refractivity contribution in [1.82, 2.24) is 15.2 Å². The molecule has 0 aromatic carbocycles. The summed E-state index contributed by atoms with van der Waals surface area (Å²) in [5.74, 6) is -0.301. The number of carbonyl (C=O) groups excluding carboxylic acids is 2. The van der Waals surface area contributed by atoms with Crippen LogP contribution in [0.5, 0.6) is 5.75 Å². The molecule has 94 valence electrons. The third kappa shape index (κ3) is 2.44. The highest BCUT2D eigenvalue weighted by molar-refractivity contribution is 7.80. The molecule has 2 heterocycles. The molecule has 0 atom stereocenters. The molecule has 1 aromatic rings. The fourth-order valence-corrected chi connectivity index (χ4v) is 1.69. The number of rotatable bonds is 2. The number of hydroxylamine groups is 1. The van der Waals surface area contributed by atoms with Gasteiger partial charge in [0.2, 0.25) is 5.91 Å². The maximum absolute atomic E-state index is 11.6. The van der Waals surface area contributed by atoms with Gasteiger partial charge in [-0.1, -0.05) is 17.4 Å². The lowest BCUT2D eigenvalue weighted by molar-refractivity contribution is -0.184. The molecule has 1 aliphatic rings. The molecule has 0 saturated carbocycles. The predicted molar refractivity (Wildman–Crippen MR) is 62.6 cm³/mol. The molecule has 0 bridgehead atoms. The Kier molecular flexibility index (Phi) is 3.49. The van der Waals surface area contributed by atoms with Crippen LogP contribution in [0.25, 0.3) is 0 Å². The van der Waals surface area contributed by atoms with Gasteiger partial charge in [0.15, 0.2) is 5.75 Å². The first-order chi connectivity index (χ1) is 8.59. The maximum atomic E-state index is 11.6. The molecular formula is C10H9N3O4S. The van der Waals surface area contributed by atoms with Crippen LogP contribution in [0.3, 0.4) is 0 Å². The third-order valence-electron chi connectivity index (χ3n) is 2.22. The van der Waals surface area contributed by atoms with E-state index in [1.807, 2.05) is 0 Å². The number of aromatic nitrogens is 1. The van der Waals surface area contributed by atoms with E-state index in [9.17, 15) is 14.8 Å². The molecule has 1 aliphatic heterocycles. The van der Waals surface area contributed by atoms with E-state index in [1.165, 1.54) is 18.5 Å². The van der Waals surface area contributed by atoms with Gasteiger partial charge in [0.05, 0.1) is 6.20 Å². The van der Waals surface area contributed by atoms with Gasteiger partial charge in [0, 0.05) is 19.0 Å². The molecule has 18 heavy (non-hydrogen) atoms. The lowest BCUT2D eigenvalue weighted by Crippen LogP contribution is -2.47. The lowest BCUT2D eigenvalue weighted by atomic mass is 10.4. The van der Waals surface area contributed by atoms with E-state index in [-0.39, 0.29) is 22.3 Å². The molecule has 2 amide bonds. The minimum atomic E-state index is -1.12. The van der Waals surface area contributed by atoms with Crippen molar-refractivity contribution in [2.75, 3.05) is 0 Å². The number of thiocarbonyl (C=S) groups is 1. The second-order valence-electron chi connectivity index (χ2n) is 3.45. The van der Waals surface area contributed by atoms with Crippen LogP contribution in [0.1, 0.15) is 12.8 Å². The van der Waals surface area contributed by atoms with E-state index in [4.69, 9.17) is 17.0 Å². The molecule has 1 N–H and O–H groups in total. The van der Waals surface area contributed by atoms with Crippen molar-refractivity contribution < 1.29 is 19.5 Å². The summed E-state index contributed by atoms with van der Waals surface area (Å²) >= 11 is 4.86. The van der Waals surface area contributed by atoms with Gasteiger partial charge in [-0.25, -0.2) is 4.79 Å². The summed E-state index contributed by atoms with van der Waals surface area (Å²) in [6.45, 7) is 0. The topological polar surface area (TPSA) is 83.0 Å². The molecule has 1 aromatic heterocycles. The van der Waals surface area contributed by atoms with Gasteiger partial charge < -0.3 is 4.74 Å². The summed E-state index contributed by atoms with van der Waals surface area (Å²) in [6, 6.07) is 3.05. The number of ether oxygens (including phenoxy) is 1. The van der Waals surface area contributed by atoms with E-state index in [1.54, 1.807) is 6.07 Å².